The molecule has 1 aromatic carbocycles. The van der Waals surface area contributed by atoms with Gasteiger partial charge in [-0.3, -0.25) is 4.79 Å². The van der Waals surface area contributed by atoms with Crippen molar-refractivity contribution in [3.63, 3.8) is 0 Å². The van der Waals surface area contributed by atoms with Crippen LogP contribution in [-0.4, -0.2) is 54.9 Å². The number of fused-ring (bicyclic) bond motifs is 1. The van der Waals surface area contributed by atoms with Crippen molar-refractivity contribution in [1.29, 1.82) is 0 Å². The number of morpholine rings is 1. The lowest BCUT2D eigenvalue weighted by atomic mass is 10.1. The van der Waals surface area contributed by atoms with E-state index in [2.05, 4.69) is 14.9 Å². The van der Waals surface area contributed by atoms with Gasteiger partial charge in [0.1, 0.15) is 13.1 Å². The molecule has 1 saturated carbocycles. The summed E-state index contributed by atoms with van der Waals surface area (Å²) in [6, 6.07) is 6.47. The smallest absolute Gasteiger partial charge is 0.251 e. The molecule has 1 aliphatic carbocycles. The van der Waals surface area contributed by atoms with Crippen LogP contribution in [0.1, 0.15) is 48.5 Å². The molecule has 0 spiro atoms. The number of aromatic nitrogens is 2. The van der Waals surface area contributed by atoms with Gasteiger partial charge in [0.05, 0.1) is 37.1 Å². The maximum atomic E-state index is 12.4. The van der Waals surface area contributed by atoms with Crippen LogP contribution in [0.4, 0.5) is 0 Å². The third-order valence-electron chi connectivity index (χ3n) is 5.75. The lowest BCUT2D eigenvalue weighted by molar-refractivity contribution is -0.908. The zero-order valence-electron chi connectivity index (χ0n) is 15.4. The molecule has 2 fully saturated rings. The average Bonchev–Trinajstić information content (AvgIpc) is 3.34. The molecule has 4 rings (SSSR count). The number of amides is 1. The number of nitrogens with zero attached hydrogens (tertiary/aromatic N) is 2. The first-order valence-corrected chi connectivity index (χ1v) is 9.97. The van der Waals surface area contributed by atoms with Crippen LogP contribution in [0.15, 0.2) is 24.5 Å². The van der Waals surface area contributed by atoms with Crippen molar-refractivity contribution in [3.8, 4) is 0 Å². The monoisotopic (exact) mass is 357 g/mol. The van der Waals surface area contributed by atoms with Crippen LogP contribution in [0, 0.1) is 0 Å². The minimum Gasteiger partial charge on any atom is -0.370 e. The van der Waals surface area contributed by atoms with E-state index in [0.717, 1.165) is 56.8 Å². The van der Waals surface area contributed by atoms with Gasteiger partial charge in [-0.15, -0.1) is 0 Å². The third-order valence-corrected chi connectivity index (χ3v) is 5.75. The summed E-state index contributed by atoms with van der Waals surface area (Å²) in [7, 11) is 0. The summed E-state index contributed by atoms with van der Waals surface area (Å²) in [5.41, 5.74) is 2.76. The zero-order valence-corrected chi connectivity index (χ0v) is 15.4. The standard InChI is InChI=1S/C20H28N4O2/c25-20(21-8-3-9-23-10-12-26-13-11-23)16-6-7-19-18(14-16)22-15-24(19)17-4-1-2-5-17/h6-7,14-15,17H,1-5,8-13H2,(H,21,25)/p+1. The highest BCUT2D eigenvalue weighted by molar-refractivity contribution is 5.97. The molecule has 6 nitrogen and oxygen atoms in total. The molecule has 140 valence electrons. The SMILES string of the molecule is O=C(NCCC[NH+]1CCOCC1)c1ccc2c(c1)ncn2C1CCCC1. The first kappa shape index (κ1) is 17.5. The van der Waals surface area contributed by atoms with Crippen molar-refractivity contribution < 1.29 is 14.4 Å². The van der Waals surface area contributed by atoms with Crippen LogP contribution in [0.3, 0.4) is 0 Å². The Labute approximate surface area is 154 Å². The van der Waals surface area contributed by atoms with Gasteiger partial charge in [-0.05, 0) is 31.0 Å². The minimum absolute atomic E-state index is 0.000654. The fourth-order valence-corrected chi connectivity index (χ4v) is 4.20. The van der Waals surface area contributed by atoms with Crippen molar-refractivity contribution in [1.82, 2.24) is 14.9 Å². The molecule has 2 heterocycles. The second kappa shape index (κ2) is 8.18. The van der Waals surface area contributed by atoms with Crippen molar-refractivity contribution in [2.24, 2.45) is 0 Å². The topological polar surface area (TPSA) is 60.6 Å². The Kier molecular flexibility index (Phi) is 5.51. The van der Waals surface area contributed by atoms with E-state index in [1.807, 2.05) is 24.5 Å². The van der Waals surface area contributed by atoms with E-state index in [1.165, 1.54) is 25.7 Å². The number of nitrogens with one attached hydrogen (secondary N) is 2. The highest BCUT2D eigenvalue weighted by Crippen LogP contribution is 2.32. The number of rotatable bonds is 6. The van der Waals surface area contributed by atoms with E-state index in [-0.39, 0.29) is 5.91 Å². The van der Waals surface area contributed by atoms with Crippen molar-refractivity contribution in [2.45, 2.75) is 38.1 Å². The van der Waals surface area contributed by atoms with Gasteiger partial charge >= 0.3 is 0 Å². The number of quaternary nitrogens is 1. The van der Waals surface area contributed by atoms with Crippen LogP contribution < -0.4 is 10.2 Å². The van der Waals surface area contributed by atoms with Crippen molar-refractivity contribution in [3.05, 3.63) is 30.1 Å². The van der Waals surface area contributed by atoms with E-state index in [0.29, 0.717) is 11.6 Å². The lowest BCUT2D eigenvalue weighted by Crippen LogP contribution is -3.14. The normalized spacial score (nSPS) is 19.2. The quantitative estimate of drug-likeness (QED) is 0.764. The lowest BCUT2D eigenvalue weighted by Gasteiger charge is -2.23. The van der Waals surface area contributed by atoms with Crippen molar-refractivity contribution >= 4 is 16.9 Å². The van der Waals surface area contributed by atoms with Crippen LogP contribution in [0.25, 0.3) is 11.0 Å². The summed E-state index contributed by atoms with van der Waals surface area (Å²) in [6.07, 6.45) is 8.01. The highest BCUT2D eigenvalue weighted by atomic mass is 16.5. The largest absolute Gasteiger partial charge is 0.370 e. The van der Waals surface area contributed by atoms with Crippen LogP contribution in [0.5, 0.6) is 0 Å². The molecule has 0 bridgehead atoms. The number of hydrogen-bond acceptors (Lipinski definition) is 3. The van der Waals surface area contributed by atoms with Crippen molar-refractivity contribution in [2.75, 3.05) is 39.4 Å². The second-order valence-corrected chi connectivity index (χ2v) is 7.52. The molecule has 1 aromatic heterocycles. The molecule has 2 aromatic rings. The zero-order chi connectivity index (χ0) is 17.8. The maximum absolute atomic E-state index is 12.4. The summed E-state index contributed by atoms with van der Waals surface area (Å²) >= 11 is 0. The number of imidazole rings is 1. The molecule has 2 aliphatic rings. The fourth-order valence-electron chi connectivity index (χ4n) is 4.20. The van der Waals surface area contributed by atoms with Gasteiger partial charge in [-0.1, -0.05) is 12.8 Å². The maximum Gasteiger partial charge on any atom is 0.251 e. The Morgan fingerprint density at radius 2 is 2.08 bits per heavy atom. The van der Waals surface area contributed by atoms with E-state index in [9.17, 15) is 4.79 Å². The van der Waals surface area contributed by atoms with Gasteiger partial charge in [0.25, 0.3) is 5.91 Å². The van der Waals surface area contributed by atoms with Gasteiger partial charge in [-0.2, -0.15) is 0 Å². The predicted octanol–water partition coefficient (Wildman–Crippen LogP) is 1.19. The highest BCUT2D eigenvalue weighted by Gasteiger charge is 2.19. The number of carbonyl (C=O) groups is 1. The number of ether oxygens (including phenoxy) is 1. The van der Waals surface area contributed by atoms with Gasteiger partial charge in [0, 0.05) is 24.6 Å². The summed E-state index contributed by atoms with van der Waals surface area (Å²) in [4.78, 5) is 18.5. The fraction of sp³-hybridized carbons (Fsp3) is 0.600. The number of hydrogen-bond donors (Lipinski definition) is 2. The van der Waals surface area contributed by atoms with Crippen LogP contribution in [-0.2, 0) is 4.74 Å². The Hall–Kier alpha value is -1.92. The Bertz CT molecular complexity index is 745. The van der Waals surface area contributed by atoms with Gasteiger partial charge < -0.3 is 19.5 Å². The van der Waals surface area contributed by atoms with Crippen LogP contribution in [0.2, 0.25) is 0 Å². The Morgan fingerprint density at radius 3 is 2.88 bits per heavy atom. The summed E-state index contributed by atoms with van der Waals surface area (Å²) in [5.74, 6) is -0.000654. The van der Waals surface area contributed by atoms with Gasteiger partial charge in [0.15, 0.2) is 0 Å². The van der Waals surface area contributed by atoms with Crippen LogP contribution >= 0.6 is 0 Å². The molecule has 0 radical (unpaired) electrons. The third kappa shape index (κ3) is 3.91. The van der Waals surface area contributed by atoms with Gasteiger partial charge in [0.2, 0.25) is 0 Å². The summed E-state index contributed by atoms with van der Waals surface area (Å²) in [6.45, 7) is 5.68. The number of carbonyl (C=O) groups excluding carboxylic acids is 1. The molecule has 2 N–H and O–H groups in total. The summed E-state index contributed by atoms with van der Waals surface area (Å²) in [5, 5.41) is 3.05. The molecular weight excluding hydrogens is 328 g/mol. The second-order valence-electron chi connectivity index (χ2n) is 7.52. The van der Waals surface area contributed by atoms with E-state index in [1.54, 1.807) is 4.90 Å². The minimum atomic E-state index is -0.000654. The molecule has 1 amide bonds. The summed E-state index contributed by atoms with van der Waals surface area (Å²) < 4.78 is 7.66. The first-order valence-electron chi connectivity index (χ1n) is 9.97. The van der Waals surface area contributed by atoms with E-state index < -0.39 is 0 Å². The molecule has 0 unspecified atom stereocenters. The molecule has 1 aliphatic heterocycles. The molecule has 0 atom stereocenters. The van der Waals surface area contributed by atoms with E-state index in [4.69, 9.17) is 4.74 Å². The van der Waals surface area contributed by atoms with E-state index >= 15 is 0 Å². The van der Waals surface area contributed by atoms with Gasteiger partial charge in [-0.25, -0.2) is 4.98 Å². The molecule has 1 saturated heterocycles. The Morgan fingerprint density at radius 1 is 1.27 bits per heavy atom. The Balaban J connectivity index is 1.32. The number of benzene rings is 1. The molecule has 6 heteroatoms. The molecular formula is C20H29N4O2+. The predicted molar refractivity (Wildman–Crippen MR) is 101 cm³/mol. The first-order chi connectivity index (χ1) is 12.8. The average molecular weight is 357 g/mol. The molecule has 26 heavy (non-hydrogen) atoms.